The van der Waals surface area contributed by atoms with Gasteiger partial charge < -0.3 is 5.32 Å². The SMILES string of the molecule is Cc1ccc(S(=O)(=O)NC2=N[C@@H](c3ccccc3)c3cc(Cl)ccc3N2)cc1. The van der Waals surface area contributed by atoms with Crippen LogP contribution in [-0.4, -0.2) is 14.4 Å². The number of hydrogen-bond donors (Lipinski definition) is 2. The van der Waals surface area contributed by atoms with Crippen LogP contribution in [-0.2, 0) is 10.0 Å². The fraction of sp³-hybridized carbons (Fsp3) is 0.0952. The number of anilines is 1. The van der Waals surface area contributed by atoms with E-state index >= 15 is 0 Å². The molecule has 142 valence electrons. The van der Waals surface area contributed by atoms with Crippen LogP contribution in [0.3, 0.4) is 0 Å². The molecule has 2 N–H and O–H groups in total. The van der Waals surface area contributed by atoms with E-state index in [1.54, 1.807) is 30.3 Å². The lowest BCUT2D eigenvalue weighted by molar-refractivity contribution is 0.592. The van der Waals surface area contributed by atoms with Crippen molar-refractivity contribution in [3.05, 3.63) is 94.5 Å². The molecule has 0 aliphatic carbocycles. The Morgan fingerprint density at radius 1 is 1.00 bits per heavy atom. The van der Waals surface area contributed by atoms with E-state index in [9.17, 15) is 8.42 Å². The number of halogens is 1. The van der Waals surface area contributed by atoms with Crippen LogP contribution >= 0.6 is 11.6 Å². The average molecular weight is 412 g/mol. The molecule has 28 heavy (non-hydrogen) atoms. The maximum absolute atomic E-state index is 12.8. The van der Waals surface area contributed by atoms with Crippen molar-refractivity contribution in [1.29, 1.82) is 0 Å². The summed E-state index contributed by atoms with van der Waals surface area (Å²) in [6.07, 6.45) is 0. The van der Waals surface area contributed by atoms with E-state index in [0.717, 1.165) is 22.4 Å². The molecular weight excluding hydrogens is 394 g/mol. The van der Waals surface area contributed by atoms with E-state index in [2.05, 4.69) is 15.0 Å². The van der Waals surface area contributed by atoms with E-state index in [1.807, 2.05) is 49.4 Å². The predicted octanol–water partition coefficient (Wildman–Crippen LogP) is 4.50. The molecule has 1 aliphatic heterocycles. The largest absolute Gasteiger partial charge is 0.325 e. The second-order valence-electron chi connectivity index (χ2n) is 6.57. The average Bonchev–Trinajstić information content (AvgIpc) is 2.68. The van der Waals surface area contributed by atoms with Gasteiger partial charge in [0.05, 0.1) is 4.90 Å². The molecule has 0 amide bonds. The number of rotatable bonds is 3. The van der Waals surface area contributed by atoms with Crippen LogP contribution < -0.4 is 10.0 Å². The molecule has 5 nitrogen and oxygen atoms in total. The van der Waals surface area contributed by atoms with Gasteiger partial charge in [0.15, 0.2) is 0 Å². The van der Waals surface area contributed by atoms with E-state index in [0.29, 0.717) is 5.02 Å². The Balaban J connectivity index is 1.73. The molecule has 1 atom stereocenters. The van der Waals surface area contributed by atoms with E-state index in [4.69, 9.17) is 11.6 Å². The highest BCUT2D eigenvalue weighted by Crippen LogP contribution is 2.36. The minimum atomic E-state index is -3.76. The monoisotopic (exact) mass is 411 g/mol. The van der Waals surface area contributed by atoms with Crippen molar-refractivity contribution >= 4 is 33.3 Å². The first kappa shape index (κ1) is 18.5. The highest BCUT2D eigenvalue weighted by molar-refractivity contribution is 7.90. The molecule has 1 aliphatic rings. The molecule has 0 saturated carbocycles. The topological polar surface area (TPSA) is 70.6 Å². The van der Waals surface area contributed by atoms with Crippen molar-refractivity contribution in [3.8, 4) is 0 Å². The first-order chi connectivity index (χ1) is 13.4. The number of nitrogens with zero attached hydrogens (tertiary/aromatic N) is 1. The van der Waals surface area contributed by atoms with Gasteiger partial charge >= 0.3 is 0 Å². The van der Waals surface area contributed by atoms with Gasteiger partial charge in [-0.1, -0.05) is 59.6 Å². The molecule has 0 unspecified atom stereocenters. The lowest BCUT2D eigenvalue weighted by Gasteiger charge is -2.26. The molecular formula is C21H18ClN3O2S. The zero-order chi connectivity index (χ0) is 19.7. The zero-order valence-electron chi connectivity index (χ0n) is 15.1. The van der Waals surface area contributed by atoms with Crippen molar-refractivity contribution in [1.82, 2.24) is 4.72 Å². The summed E-state index contributed by atoms with van der Waals surface area (Å²) in [6.45, 7) is 1.91. The Kier molecular flexibility index (Phi) is 4.83. The minimum absolute atomic E-state index is 0.171. The standard InChI is InChI=1S/C21H18ClN3O2S/c1-14-7-10-17(11-8-14)28(26,27)25-21-23-19-12-9-16(22)13-18(19)20(24-21)15-5-3-2-4-6-15/h2-13,20H,1H3,(H2,23,24,25)/t20-/m0/s1. The number of aryl methyl sites for hydroxylation is 1. The molecule has 4 rings (SSSR count). The molecule has 0 bridgehead atoms. The number of nitrogens with one attached hydrogen (secondary N) is 2. The van der Waals surface area contributed by atoms with Crippen LogP contribution in [0.4, 0.5) is 5.69 Å². The maximum Gasteiger partial charge on any atom is 0.264 e. The van der Waals surface area contributed by atoms with Gasteiger partial charge in [-0.3, -0.25) is 0 Å². The smallest absolute Gasteiger partial charge is 0.264 e. The van der Waals surface area contributed by atoms with Gasteiger partial charge in [-0.2, -0.15) is 0 Å². The predicted molar refractivity (Wildman–Crippen MR) is 112 cm³/mol. The minimum Gasteiger partial charge on any atom is -0.325 e. The highest BCUT2D eigenvalue weighted by Gasteiger charge is 2.26. The lowest BCUT2D eigenvalue weighted by atomic mass is 9.96. The van der Waals surface area contributed by atoms with Crippen LogP contribution in [0.5, 0.6) is 0 Å². The summed E-state index contributed by atoms with van der Waals surface area (Å²) >= 11 is 6.18. The van der Waals surface area contributed by atoms with Crippen molar-refractivity contribution in [2.75, 3.05) is 5.32 Å². The molecule has 0 saturated heterocycles. The molecule has 3 aromatic rings. The fourth-order valence-electron chi connectivity index (χ4n) is 3.08. The number of aliphatic imine (C=N–C) groups is 1. The summed E-state index contributed by atoms with van der Waals surface area (Å²) < 4.78 is 28.1. The number of sulfonamides is 1. The third-order valence-electron chi connectivity index (χ3n) is 4.50. The second kappa shape index (κ2) is 7.30. The molecule has 3 aromatic carbocycles. The Hall–Kier alpha value is -2.83. The summed E-state index contributed by atoms with van der Waals surface area (Å²) in [6, 6.07) is 21.4. The first-order valence-electron chi connectivity index (χ1n) is 8.71. The molecule has 1 heterocycles. The molecule has 0 fully saturated rings. The van der Waals surface area contributed by atoms with Crippen LogP contribution in [0, 0.1) is 6.92 Å². The van der Waals surface area contributed by atoms with Gasteiger partial charge in [0.2, 0.25) is 5.96 Å². The summed E-state index contributed by atoms with van der Waals surface area (Å²) in [5, 5.41) is 3.66. The van der Waals surface area contributed by atoms with E-state index in [1.165, 1.54) is 0 Å². The van der Waals surface area contributed by atoms with E-state index < -0.39 is 10.0 Å². The van der Waals surface area contributed by atoms with Crippen LogP contribution in [0.1, 0.15) is 22.7 Å². The molecule has 7 heteroatoms. The van der Waals surface area contributed by atoms with Crippen molar-refractivity contribution in [2.45, 2.75) is 17.9 Å². The van der Waals surface area contributed by atoms with Gasteiger partial charge in [-0.25, -0.2) is 18.1 Å². The Bertz CT molecular complexity index is 1140. The Morgan fingerprint density at radius 3 is 2.43 bits per heavy atom. The number of guanidine groups is 1. The first-order valence-corrected chi connectivity index (χ1v) is 10.6. The Labute approximate surface area is 169 Å². The van der Waals surface area contributed by atoms with Gasteiger partial charge in [0.1, 0.15) is 6.04 Å². The lowest BCUT2D eigenvalue weighted by Crippen LogP contribution is -2.38. The second-order valence-corrected chi connectivity index (χ2v) is 8.68. The van der Waals surface area contributed by atoms with Gasteiger partial charge in [-0.15, -0.1) is 0 Å². The normalized spacial score (nSPS) is 15.9. The molecule has 0 radical (unpaired) electrons. The summed E-state index contributed by atoms with van der Waals surface area (Å²) in [4.78, 5) is 4.80. The van der Waals surface area contributed by atoms with Crippen LogP contribution in [0.25, 0.3) is 0 Å². The number of hydrogen-bond acceptors (Lipinski definition) is 4. The summed E-state index contributed by atoms with van der Waals surface area (Å²) in [5.74, 6) is 0.171. The van der Waals surface area contributed by atoms with Crippen molar-refractivity contribution in [2.24, 2.45) is 4.99 Å². The molecule has 0 aromatic heterocycles. The number of fused-ring (bicyclic) bond motifs is 1. The maximum atomic E-state index is 12.8. The quantitative estimate of drug-likeness (QED) is 0.666. The van der Waals surface area contributed by atoms with Crippen LogP contribution in [0.2, 0.25) is 5.02 Å². The van der Waals surface area contributed by atoms with Crippen LogP contribution in [0.15, 0.2) is 82.7 Å². The third-order valence-corrected chi connectivity index (χ3v) is 6.09. The zero-order valence-corrected chi connectivity index (χ0v) is 16.6. The van der Waals surface area contributed by atoms with Crippen molar-refractivity contribution in [3.63, 3.8) is 0 Å². The summed E-state index contributed by atoms with van der Waals surface area (Å²) in [7, 11) is -3.76. The summed E-state index contributed by atoms with van der Waals surface area (Å²) in [5.41, 5.74) is 3.58. The van der Waals surface area contributed by atoms with E-state index in [-0.39, 0.29) is 16.9 Å². The van der Waals surface area contributed by atoms with Gasteiger partial charge in [-0.05, 0) is 42.8 Å². The number of benzene rings is 3. The van der Waals surface area contributed by atoms with Crippen molar-refractivity contribution < 1.29 is 8.42 Å². The third kappa shape index (κ3) is 3.74. The highest BCUT2D eigenvalue weighted by atomic mass is 35.5. The van der Waals surface area contributed by atoms with Gasteiger partial charge in [0.25, 0.3) is 10.0 Å². The Morgan fingerprint density at radius 2 is 1.71 bits per heavy atom. The van der Waals surface area contributed by atoms with Gasteiger partial charge in [0, 0.05) is 16.3 Å². The fourth-order valence-corrected chi connectivity index (χ4v) is 4.23. The molecule has 0 spiro atoms.